The summed E-state index contributed by atoms with van der Waals surface area (Å²) < 4.78 is 5.45. The van der Waals surface area contributed by atoms with Crippen molar-refractivity contribution in [1.82, 2.24) is 0 Å². The molecule has 5 heteroatoms. The number of halogens is 1. The number of carbonyl (C=O) groups is 1. The number of benzene rings is 1. The quantitative estimate of drug-likeness (QED) is 0.841. The molecule has 0 spiro atoms. The summed E-state index contributed by atoms with van der Waals surface area (Å²) in [5.41, 5.74) is 0.899. The Bertz CT molecular complexity index is 579. The second-order valence-corrected chi connectivity index (χ2v) is 5.53. The number of hydrogen-bond acceptors (Lipinski definition) is 3. The first-order valence-corrected chi connectivity index (χ1v) is 7.21. The molecule has 1 aliphatic rings. The van der Waals surface area contributed by atoms with Gasteiger partial charge in [-0.1, -0.05) is 23.4 Å². The third-order valence-corrected chi connectivity index (χ3v) is 4.06. The summed E-state index contributed by atoms with van der Waals surface area (Å²) in [5, 5.41) is 12.0. The van der Waals surface area contributed by atoms with E-state index in [4.69, 9.17) is 21.4 Å². The van der Waals surface area contributed by atoms with Crippen LogP contribution in [-0.2, 0) is 9.53 Å². The van der Waals surface area contributed by atoms with Crippen molar-refractivity contribution >= 4 is 23.2 Å². The summed E-state index contributed by atoms with van der Waals surface area (Å²) in [6.07, 6.45) is 3.24. The van der Waals surface area contributed by atoms with Crippen LogP contribution in [0.2, 0.25) is 5.02 Å². The number of anilines is 1. The fraction of sp³-hybridized carbons (Fsp3) is 0.438. The van der Waals surface area contributed by atoms with Crippen molar-refractivity contribution in [2.75, 3.05) is 19.0 Å². The molecule has 2 rings (SSSR count). The van der Waals surface area contributed by atoms with Gasteiger partial charge in [0.2, 0.25) is 5.91 Å². The average molecular weight is 308 g/mol. The maximum absolute atomic E-state index is 12.1. The monoisotopic (exact) mass is 307 g/mol. The third-order valence-electron chi connectivity index (χ3n) is 3.73. The zero-order chi connectivity index (χ0) is 15.3. The SMILES string of the molecule is COC1(CC(=O)Nc2cc(C#CCO)ccc2Cl)CCC1. The second-order valence-electron chi connectivity index (χ2n) is 5.12. The topological polar surface area (TPSA) is 58.6 Å². The van der Waals surface area contributed by atoms with Gasteiger partial charge in [0.25, 0.3) is 0 Å². The molecule has 1 fully saturated rings. The van der Waals surface area contributed by atoms with Crippen LogP contribution >= 0.6 is 11.6 Å². The molecule has 1 aromatic rings. The lowest BCUT2D eigenvalue weighted by atomic mass is 9.77. The van der Waals surface area contributed by atoms with E-state index in [1.165, 1.54) is 0 Å². The molecular formula is C16H18ClNO3. The molecule has 112 valence electrons. The molecule has 0 saturated heterocycles. The molecule has 0 unspecified atom stereocenters. The van der Waals surface area contributed by atoms with E-state index >= 15 is 0 Å². The average Bonchev–Trinajstić information content (AvgIpc) is 2.43. The van der Waals surface area contributed by atoms with Crippen LogP contribution in [0.4, 0.5) is 5.69 Å². The van der Waals surface area contributed by atoms with Gasteiger partial charge in [-0.15, -0.1) is 0 Å². The van der Waals surface area contributed by atoms with E-state index in [0.29, 0.717) is 22.7 Å². The largest absolute Gasteiger partial charge is 0.384 e. The Morgan fingerprint density at radius 3 is 2.86 bits per heavy atom. The minimum absolute atomic E-state index is 0.120. The third kappa shape index (κ3) is 3.98. The summed E-state index contributed by atoms with van der Waals surface area (Å²) in [7, 11) is 1.64. The molecule has 0 radical (unpaired) electrons. The predicted octanol–water partition coefficient (Wildman–Crippen LogP) is 2.58. The lowest BCUT2D eigenvalue weighted by Crippen LogP contribution is -2.42. The Balaban J connectivity index is 2.06. The van der Waals surface area contributed by atoms with E-state index < -0.39 is 0 Å². The molecular weight excluding hydrogens is 290 g/mol. The van der Waals surface area contributed by atoms with E-state index in [-0.39, 0.29) is 18.1 Å². The number of aliphatic hydroxyl groups excluding tert-OH is 1. The van der Waals surface area contributed by atoms with E-state index in [2.05, 4.69) is 17.2 Å². The van der Waals surface area contributed by atoms with Gasteiger partial charge in [-0.3, -0.25) is 4.79 Å². The molecule has 1 aromatic carbocycles. The number of rotatable bonds is 4. The molecule has 0 aromatic heterocycles. The first-order valence-electron chi connectivity index (χ1n) is 6.83. The first kappa shape index (κ1) is 15.8. The fourth-order valence-corrected chi connectivity index (χ4v) is 2.52. The van der Waals surface area contributed by atoms with Gasteiger partial charge < -0.3 is 15.2 Å². The zero-order valence-corrected chi connectivity index (χ0v) is 12.7. The Labute approximate surface area is 129 Å². The zero-order valence-electron chi connectivity index (χ0n) is 11.9. The van der Waals surface area contributed by atoms with E-state index in [0.717, 1.165) is 19.3 Å². The maximum atomic E-state index is 12.1. The number of ether oxygens (including phenoxy) is 1. The van der Waals surface area contributed by atoms with E-state index in [1.807, 2.05) is 0 Å². The van der Waals surface area contributed by atoms with E-state index in [9.17, 15) is 4.79 Å². The first-order chi connectivity index (χ1) is 10.1. The molecule has 0 aliphatic heterocycles. The minimum Gasteiger partial charge on any atom is -0.384 e. The van der Waals surface area contributed by atoms with Crippen molar-refractivity contribution in [1.29, 1.82) is 0 Å². The van der Waals surface area contributed by atoms with Crippen LogP contribution in [0.3, 0.4) is 0 Å². The highest BCUT2D eigenvalue weighted by Crippen LogP contribution is 2.38. The number of methoxy groups -OCH3 is 1. The van der Waals surface area contributed by atoms with Gasteiger partial charge in [-0.2, -0.15) is 0 Å². The molecule has 0 heterocycles. The summed E-state index contributed by atoms with van der Waals surface area (Å²) in [4.78, 5) is 12.1. The number of amides is 1. The van der Waals surface area contributed by atoms with Gasteiger partial charge in [0.1, 0.15) is 6.61 Å². The van der Waals surface area contributed by atoms with Crippen LogP contribution in [0, 0.1) is 11.8 Å². The van der Waals surface area contributed by atoms with Crippen molar-refractivity contribution in [3.63, 3.8) is 0 Å². The standard InChI is InChI=1S/C16H18ClNO3/c1-21-16(7-3-8-16)11-15(20)18-14-10-12(4-2-9-19)5-6-13(14)17/h5-6,10,19H,3,7-9,11H2,1H3,(H,18,20). The van der Waals surface area contributed by atoms with Gasteiger partial charge in [0.05, 0.1) is 22.7 Å². The van der Waals surface area contributed by atoms with Crippen molar-refractivity contribution in [2.24, 2.45) is 0 Å². The van der Waals surface area contributed by atoms with Gasteiger partial charge >= 0.3 is 0 Å². The van der Waals surface area contributed by atoms with Gasteiger partial charge in [-0.25, -0.2) is 0 Å². The molecule has 1 amide bonds. The molecule has 0 bridgehead atoms. The van der Waals surface area contributed by atoms with Gasteiger partial charge in [0.15, 0.2) is 0 Å². The molecule has 21 heavy (non-hydrogen) atoms. The Morgan fingerprint density at radius 2 is 2.29 bits per heavy atom. The lowest BCUT2D eigenvalue weighted by Gasteiger charge is -2.39. The van der Waals surface area contributed by atoms with Crippen LogP contribution in [0.25, 0.3) is 0 Å². The summed E-state index contributed by atoms with van der Waals surface area (Å²) in [6, 6.07) is 5.11. The van der Waals surface area contributed by atoms with Crippen LogP contribution in [0.5, 0.6) is 0 Å². The van der Waals surface area contributed by atoms with Crippen molar-refractivity contribution in [3.05, 3.63) is 28.8 Å². The number of hydrogen-bond donors (Lipinski definition) is 2. The number of carbonyl (C=O) groups excluding carboxylic acids is 1. The van der Waals surface area contributed by atoms with Crippen LogP contribution in [-0.4, -0.2) is 30.3 Å². The smallest absolute Gasteiger partial charge is 0.227 e. The Kier molecular flexibility index (Phi) is 5.24. The Hall–Kier alpha value is -1.54. The lowest BCUT2D eigenvalue weighted by molar-refractivity contribution is -0.129. The van der Waals surface area contributed by atoms with Crippen LogP contribution in [0.1, 0.15) is 31.2 Å². The molecule has 1 aliphatic carbocycles. The van der Waals surface area contributed by atoms with Crippen molar-refractivity contribution < 1.29 is 14.6 Å². The van der Waals surface area contributed by atoms with E-state index in [1.54, 1.807) is 25.3 Å². The highest BCUT2D eigenvalue weighted by Gasteiger charge is 2.39. The van der Waals surface area contributed by atoms with Crippen LogP contribution in [0.15, 0.2) is 18.2 Å². The van der Waals surface area contributed by atoms with Crippen molar-refractivity contribution in [2.45, 2.75) is 31.3 Å². The molecule has 0 atom stereocenters. The van der Waals surface area contributed by atoms with Crippen LogP contribution < -0.4 is 5.32 Å². The van der Waals surface area contributed by atoms with Gasteiger partial charge in [-0.05, 0) is 37.5 Å². The summed E-state index contributed by atoms with van der Waals surface area (Å²) in [6.45, 7) is -0.208. The highest BCUT2D eigenvalue weighted by molar-refractivity contribution is 6.33. The maximum Gasteiger partial charge on any atom is 0.227 e. The van der Waals surface area contributed by atoms with Gasteiger partial charge in [0, 0.05) is 12.7 Å². The minimum atomic E-state index is -0.315. The normalized spacial score (nSPS) is 15.6. The number of nitrogens with one attached hydrogen (secondary N) is 1. The highest BCUT2D eigenvalue weighted by atomic mass is 35.5. The predicted molar refractivity (Wildman–Crippen MR) is 82.3 cm³/mol. The molecule has 4 nitrogen and oxygen atoms in total. The fourth-order valence-electron chi connectivity index (χ4n) is 2.35. The Morgan fingerprint density at radius 1 is 1.52 bits per heavy atom. The van der Waals surface area contributed by atoms with Crippen molar-refractivity contribution in [3.8, 4) is 11.8 Å². The summed E-state index contributed by atoms with van der Waals surface area (Å²) in [5.74, 6) is 5.22. The second kappa shape index (κ2) is 6.95. The summed E-state index contributed by atoms with van der Waals surface area (Å²) >= 11 is 6.08. The number of aliphatic hydroxyl groups is 1. The molecule has 1 saturated carbocycles. The molecule has 2 N–H and O–H groups in total.